The van der Waals surface area contributed by atoms with Crippen LogP contribution in [0.3, 0.4) is 0 Å². The maximum absolute atomic E-state index is 11.4. The normalized spacial score (nSPS) is 14.5. The Morgan fingerprint density at radius 3 is 2.24 bits per heavy atom. The molecule has 0 heterocycles. The van der Waals surface area contributed by atoms with Crippen LogP contribution < -0.4 is 4.72 Å². The van der Waals surface area contributed by atoms with E-state index in [0.29, 0.717) is 5.75 Å². The SMILES string of the molecule is CSCC[C@H](NS(=O)(=O)CS(C)(=O)=O)C(=O)O. The van der Waals surface area contributed by atoms with E-state index >= 15 is 0 Å². The fraction of sp³-hybridized carbons (Fsp3) is 0.857. The van der Waals surface area contributed by atoms with Crippen LogP contribution in [0.4, 0.5) is 0 Å². The molecule has 7 nitrogen and oxygen atoms in total. The van der Waals surface area contributed by atoms with E-state index in [9.17, 15) is 21.6 Å². The molecule has 0 bridgehead atoms. The van der Waals surface area contributed by atoms with Crippen molar-refractivity contribution < 1.29 is 26.7 Å². The number of sulfone groups is 1. The summed E-state index contributed by atoms with van der Waals surface area (Å²) < 4.78 is 46.3. The lowest BCUT2D eigenvalue weighted by molar-refractivity contribution is -0.139. The molecule has 0 spiro atoms. The third kappa shape index (κ3) is 8.41. The van der Waals surface area contributed by atoms with Gasteiger partial charge in [-0.2, -0.15) is 11.8 Å². The first kappa shape index (κ1) is 16.7. The first-order valence-electron chi connectivity index (χ1n) is 4.47. The minimum atomic E-state index is -4.14. The molecule has 0 aromatic heterocycles. The molecule has 0 unspecified atom stereocenters. The first-order chi connectivity index (χ1) is 7.57. The highest BCUT2D eigenvalue weighted by molar-refractivity contribution is 8.06. The number of carboxylic acids is 1. The quantitative estimate of drug-likeness (QED) is 0.597. The maximum Gasteiger partial charge on any atom is 0.321 e. The number of hydrogen-bond acceptors (Lipinski definition) is 6. The molecule has 1 atom stereocenters. The van der Waals surface area contributed by atoms with Gasteiger partial charge >= 0.3 is 5.97 Å². The van der Waals surface area contributed by atoms with Gasteiger partial charge in [0.1, 0.15) is 6.04 Å². The second-order valence-electron chi connectivity index (χ2n) is 3.45. The van der Waals surface area contributed by atoms with Crippen LogP contribution in [0.15, 0.2) is 0 Å². The summed E-state index contributed by atoms with van der Waals surface area (Å²) >= 11 is 1.37. The van der Waals surface area contributed by atoms with E-state index in [1.807, 2.05) is 4.72 Å². The van der Waals surface area contributed by atoms with Gasteiger partial charge in [-0.05, 0) is 18.4 Å². The van der Waals surface area contributed by atoms with E-state index < -0.39 is 37.0 Å². The second kappa shape index (κ2) is 6.57. The predicted molar refractivity (Wildman–Crippen MR) is 66.2 cm³/mol. The molecule has 0 aromatic rings. The largest absolute Gasteiger partial charge is 0.480 e. The van der Waals surface area contributed by atoms with Gasteiger partial charge in [0.25, 0.3) is 0 Å². The Kier molecular flexibility index (Phi) is 6.45. The molecule has 0 fully saturated rings. The Hall–Kier alpha value is -0.320. The Balaban J connectivity index is 4.70. The average Bonchev–Trinajstić information content (AvgIpc) is 2.07. The van der Waals surface area contributed by atoms with Crippen molar-refractivity contribution in [3.05, 3.63) is 0 Å². The summed E-state index contributed by atoms with van der Waals surface area (Å²) in [6.45, 7) is 0. The van der Waals surface area contributed by atoms with Gasteiger partial charge in [-0.15, -0.1) is 0 Å². The highest BCUT2D eigenvalue weighted by Gasteiger charge is 2.26. The first-order valence-corrected chi connectivity index (χ1v) is 9.57. The third-order valence-electron chi connectivity index (χ3n) is 1.60. The summed E-state index contributed by atoms with van der Waals surface area (Å²) in [5.41, 5.74) is 0. The Morgan fingerprint density at radius 2 is 1.88 bits per heavy atom. The van der Waals surface area contributed by atoms with Crippen LogP contribution in [0.2, 0.25) is 0 Å². The van der Waals surface area contributed by atoms with E-state index in [4.69, 9.17) is 5.11 Å². The molecule has 10 heteroatoms. The molecule has 0 aliphatic carbocycles. The van der Waals surface area contributed by atoms with Crippen molar-refractivity contribution in [2.45, 2.75) is 12.5 Å². The molecule has 0 saturated heterocycles. The van der Waals surface area contributed by atoms with Gasteiger partial charge < -0.3 is 5.11 Å². The number of thioether (sulfide) groups is 1. The van der Waals surface area contributed by atoms with Crippen molar-refractivity contribution >= 4 is 37.6 Å². The number of rotatable bonds is 8. The molecule has 0 saturated carbocycles. The summed E-state index contributed by atoms with van der Waals surface area (Å²) in [5, 5.41) is 7.67. The molecular formula is C7H15NO6S3. The van der Waals surface area contributed by atoms with E-state index in [-0.39, 0.29) is 6.42 Å². The van der Waals surface area contributed by atoms with Crippen LogP contribution in [0.1, 0.15) is 6.42 Å². The fourth-order valence-electron chi connectivity index (χ4n) is 1.00. The highest BCUT2D eigenvalue weighted by Crippen LogP contribution is 2.03. The van der Waals surface area contributed by atoms with Crippen LogP contribution in [0.5, 0.6) is 0 Å². The van der Waals surface area contributed by atoms with Gasteiger partial charge in [-0.3, -0.25) is 4.79 Å². The summed E-state index contributed by atoms with van der Waals surface area (Å²) in [7, 11) is -7.86. The molecule has 0 radical (unpaired) electrons. The molecule has 0 amide bonds. The Bertz CT molecular complexity index is 454. The summed E-state index contributed by atoms with van der Waals surface area (Å²) in [5.74, 6) is -0.866. The van der Waals surface area contributed by atoms with Crippen LogP contribution in [0.25, 0.3) is 0 Å². The summed E-state index contributed by atoms with van der Waals surface area (Å²) in [6.07, 6.45) is 2.62. The zero-order valence-electron chi connectivity index (χ0n) is 9.41. The molecular weight excluding hydrogens is 290 g/mol. The number of sulfonamides is 1. The topological polar surface area (TPSA) is 118 Å². The number of aliphatic carboxylic acids is 1. The zero-order valence-corrected chi connectivity index (χ0v) is 11.9. The van der Waals surface area contributed by atoms with Crippen molar-refractivity contribution in [3.8, 4) is 0 Å². The molecule has 0 aromatic carbocycles. The van der Waals surface area contributed by atoms with Gasteiger partial charge in [0.15, 0.2) is 14.9 Å². The monoisotopic (exact) mass is 305 g/mol. The number of hydrogen-bond donors (Lipinski definition) is 2. The zero-order chi connectivity index (χ0) is 13.7. The predicted octanol–water partition coefficient (Wildman–Crippen LogP) is -0.886. The lowest BCUT2D eigenvalue weighted by atomic mass is 10.2. The minimum Gasteiger partial charge on any atom is -0.480 e. The minimum absolute atomic E-state index is 0.0967. The number of carbonyl (C=O) groups is 1. The van der Waals surface area contributed by atoms with E-state index in [0.717, 1.165) is 6.26 Å². The van der Waals surface area contributed by atoms with Crippen LogP contribution >= 0.6 is 11.8 Å². The van der Waals surface area contributed by atoms with Crippen molar-refractivity contribution in [1.29, 1.82) is 0 Å². The van der Waals surface area contributed by atoms with E-state index in [1.165, 1.54) is 11.8 Å². The third-order valence-corrected chi connectivity index (χ3v) is 5.84. The molecule has 0 aliphatic rings. The van der Waals surface area contributed by atoms with Gasteiger partial charge in [0, 0.05) is 6.26 Å². The molecule has 17 heavy (non-hydrogen) atoms. The second-order valence-corrected chi connectivity index (χ2v) is 8.69. The van der Waals surface area contributed by atoms with Gasteiger partial charge in [0.05, 0.1) is 0 Å². The summed E-state index contributed by atoms with van der Waals surface area (Å²) in [6, 6.07) is -1.30. The van der Waals surface area contributed by atoms with Crippen molar-refractivity contribution in [2.24, 2.45) is 0 Å². The van der Waals surface area contributed by atoms with Crippen LogP contribution in [0, 0.1) is 0 Å². The van der Waals surface area contributed by atoms with Crippen LogP contribution in [-0.4, -0.2) is 57.3 Å². The Labute approximate surface area is 105 Å². The summed E-state index contributed by atoms with van der Waals surface area (Å²) in [4.78, 5) is 10.8. The van der Waals surface area contributed by atoms with Crippen LogP contribution in [-0.2, 0) is 24.7 Å². The molecule has 0 rings (SSSR count). The number of nitrogens with one attached hydrogen (secondary N) is 1. The van der Waals surface area contributed by atoms with Crippen molar-refractivity contribution in [2.75, 3.05) is 23.3 Å². The van der Waals surface area contributed by atoms with Gasteiger partial charge in [0.2, 0.25) is 10.0 Å². The van der Waals surface area contributed by atoms with Crippen molar-refractivity contribution in [1.82, 2.24) is 4.72 Å². The molecule has 0 aliphatic heterocycles. The molecule has 102 valence electrons. The van der Waals surface area contributed by atoms with Gasteiger partial charge in [-0.1, -0.05) is 0 Å². The van der Waals surface area contributed by atoms with E-state index in [1.54, 1.807) is 6.26 Å². The fourth-order valence-corrected chi connectivity index (χ4v) is 4.65. The maximum atomic E-state index is 11.4. The number of carboxylic acid groups (broad SMARTS) is 1. The van der Waals surface area contributed by atoms with Crippen molar-refractivity contribution in [3.63, 3.8) is 0 Å². The van der Waals surface area contributed by atoms with E-state index in [2.05, 4.69) is 0 Å². The standard InChI is InChI=1S/C7H15NO6S3/c1-15-4-3-6(7(9)10)8-17(13,14)5-16(2,11)12/h6,8H,3-5H2,1-2H3,(H,9,10)/t6-/m0/s1. The lowest BCUT2D eigenvalue weighted by Gasteiger charge is -2.13. The molecule has 2 N–H and O–H groups in total. The smallest absolute Gasteiger partial charge is 0.321 e. The van der Waals surface area contributed by atoms with Gasteiger partial charge in [-0.25, -0.2) is 21.6 Å². The Morgan fingerprint density at radius 1 is 1.35 bits per heavy atom. The average molecular weight is 305 g/mol. The lowest BCUT2D eigenvalue weighted by Crippen LogP contribution is -2.43. The highest BCUT2D eigenvalue weighted by atomic mass is 32.3.